The minimum absolute atomic E-state index is 1.12. The van der Waals surface area contributed by atoms with Gasteiger partial charge in [-0.25, -0.2) is 0 Å². The van der Waals surface area contributed by atoms with E-state index in [4.69, 9.17) is 0 Å². The Balaban J connectivity index is 1.42. The fourth-order valence-electron chi connectivity index (χ4n) is 4.68. The Hall–Kier alpha value is -3.66. The molecule has 0 amide bonds. The van der Waals surface area contributed by atoms with Crippen LogP contribution in [0.2, 0.25) is 0 Å². The Morgan fingerprint density at radius 3 is 1.94 bits per heavy atom. The Kier molecular flexibility index (Phi) is 4.26. The van der Waals surface area contributed by atoms with E-state index >= 15 is 0 Å². The predicted molar refractivity (Wildman–Crippen MR) is 147 cm³/mol. The first kappa shape index (κ1) is 18.9. The van der Waals surface area contributed by atoms with Gasteiger partial charge in [-0.3, -0.25) is 0 Å². The van der Waals surface area contributed by atoms with E-state index < -0.39 is 0 Å². The predicted octanol–water partition coefficient (Wildman–Crippen LogP) is 9.83. The number of hydrogen-bond donors (Lipinski definition) is 1. The first-order valence-corrected chi connectivity index (χ1v) is 12.7. The summed E-state index contributed by atoms with van der Waals surface area (Å²) in [6.07, 6.45) is 0. The van der Waals surface area contributed by atoms with Gasteiger partial charge >= 0.3 is 0 Å². The van der Waals surface area contributed by atoms with Crippen LogP contribution in [0.1, 0.15) is 0 Å². The summed E-state index contributed by atoms with van der Waals surface area (Å²) in [4.78, 5) is 0. The molecule has 0 saturated carbocycles. The third-order valence-corrected chi connectivity index (χ3v) is 8.60. The van der Waals surface area contributed by atoms with Crippen LogP contribution in [0.4, 0.5) is 11.4 Å². The molecule has 1 N–H and O–H groups in total. The van der Waals surface area contributed by atoms with Gasteiger partial charge in [0.15, 0.2) is 0 Å². The maximum atomic E-state index is 3.77. The van der Waals surface area contributed by atoms with Crippen molar-refractivity contribution in [2.75, 3.05) is 5.32 Å². The van der Waals surface area contributed by atoms with Crippen molar-refractivity contribution in [3.05, 3.63) is 109 Å². The quantitative estimate of drug-likeness (QED) is 0.278. The monoisotopic (exact) mass is 457 g/mol. The lowest BCUT2D eigenvalue weighted by molar-refractivity contribution is 1.60. The first-order chi connectivity index (χ1) is 16.3. The molecule has 0 fully saturated rings. The van der Waals surface area contributed by atoms with E-state index in [1.54, 1.807) is 0 Å². The van der Waals surface area contributed by atoms with Crippen LogP contribution in [0.15, 0.2) is 109 Å². The molecule has 156 valence electrons. The number of fused-ring (bicyclic) bond motifs is 6. The normalized spacial score (nSPS) is 11.6. The fourth-order valence-corrected chi connectivity index (χ4v) is 6.97. The molecule has 0 bridgehead atoms. The number of benzene rings is 5. The van der Waals surface area contributed by atoms with Crippen LogP contribution in [-0.2, 0) is 0 Å². The average Bonchev–Trinajstić information content (AvgIpc) is 3.43. The second-order valence-electron chi connectivity index (χ2n) is 8.30. The number of thiophene rings is 2. The molecule has 0 aliphatic rings. The molecule has 2 aromatic heterocycles. The Labute approximate surface area is 199 Å². The third-order valence-electron chi connectivity index (χ3n) is 6.24. The van der Waals surface area contributed by atoms with Crippen LogP contribution >= 0.6 is 22.7 Å². The second kappa shape index (κ2) is 7.45. The van der Waals surface area contributed by atoms with Gasteiger partial charge < -0.3 is 5.32 Å². The van der Waals surface area contributed by atoms with Gasteiger partial charge in [0.05, 0.1) is 10.4 Å². The summed E-state index contributed by atoms with van der Waals surface area (Å²) in [7, 11) is 0. The zero-order chi connectivity index (χ0) is 21.8. The second-order valence-corrected chi connectivity index (χ2v) is 10.4. The van der Waals surface area contributed by atoms with Gasteiger partial charge in [0, 0.05) is 41.3 Å². The maximum Gasteiger partial charge on any atom is 0.0590 e. The van der Waals surface area contributed by atoms with E-state index in [2.05, 4.69) is 115 Å². The molecule has 2 heterocycles. The molecule has 33 heavy (non-hydrogen) atoms. The highest BCUT2D eigenvalue weighted by atomic mass is 32.1. The zero-order valence-electron chi connectivity index (χ0n) is 17.7. The molecule has 0 spiro atoms. The van der Waals surface area contributed by atoms with E-state index in [0.29, 0.717) is 0 Å². The fraction of sp³-hybridized carbons (Fsp3) is 0. The van der Waals surface area contributed by atoms with Gasteiger partial charge in [0.1, 0.15) is 0 Å². The van der Waals surface area contributed by atoms with Crippen molar-refractivity contribution in [3.8, 4) is 11.1 Å². The van der Waals surface area contributed by atoms with Gasteiger partial charge in [-0.2, -0.15) is 0 Å². The third kappa shape index (κ3) is 3.12. The molecule has 0 aliphatic heterocycles. The summed E-state index contributed by atoms with van der Waals surface area (Å²) in [5.74, 6) is 0. The molecule has 0 radical (unpaired) electrons. The molecule has 0 atom stereocenters. The van der Waals surface area contributed by atoms with Crippen molar-refractivity contribution in [3.63, 3.8) is 0 Å². The lowest BCUT2D eigenvalue weighted by Gasteiger charge is -2.11. The van der Waals surface area contributed by atoms with Crippen molar-refractivity contribution >= 4 is 74.4 Å². The molecule has 0 saturated heterocycles. The standard InChI is InChI=1S/C30H19NS2/c1-2-8-19(9-3-1)20-16-25-23-11-5-7-13-28(23)33-30(25)26(17-20)31-21-14-15-24-22-10-4-6-12-27(22)32-29(24)18-21/h1-18,31H. The average molecular weight is 458 g/mol. The highest BCUT2D eigenvalue weighted by molar-refractivity contribution is 7.26. The van der Waals surface area contributed by atoms with E-state index in [-0.39, 0.29) is 0 Å². The number of anilines is 2. The van der Waals surface area contributed by atoms with E-state index in [1.807, 2.05) is 22.7 Å². The first-order valence-electron chi connectivity index (χ1n) is 11.0. The lowest BCUT2D eigenvalue weighted by Crippen LogP contribution is -1.91. The molecule has 3 heteroatoms. The summed E-state index contributed by atoms with van der Waals surface area (Å²) in [6, 6.07) is 39.4. The summed E-state index contributed by atoms with van der Waals surface area (Å²) >= 11 is 3.72. The van der Waals surface area contributed by atoms with Crippen LogP contribution in [0.25, 0.3) is 51.5 Å². The van der Waals surface area contributed by atoms with Crippen molar-refractivity contribution in [2.45, 2.75) is 0 Å². The Bertz CT molecular complexity index is 1790. The molecule has 7 rings (SSSR count). The SMILES string of the molecule is c1ccc(-c2cc(Nc3ccc4c(c3)sc3ccccc34)c3sc4ccccc4c3c2)cc1. The molecule has 1 nitrogen and oxygen atoms in total. The topological polar surface area (TPSA) is 12.0 Å². The molecule has 5 aromatic carbocycles. The molecule has 0 unspecified atom stereocenters. The van der Waals surface area contributed by atoms with Crippen LogP contribution in [0.5, 0.6) is 0 Å². The lowest BCUT2D eigenvalue weighted by atomic mass is 10.0. The van der Waals surface area contributed by atoms with Crippen LogP contribution in [-0.4, -0.2) is 0 Å². The Morgan fingerprint density at radius 2 is 1.12 bits per heavy atom. The van der Waals surface area contributed by atoms with Gasteiger partial charge in [-0.15, -0.1) is 22.7 Å². The summed E-state index contributed by atoms with van der Waals surface area (Å²) in [5, 5.41) is 9.06. The van der Waals surface area contributed by atoms with Gasteiger partial charge in [-0.1, -0.05) is 72.8 Å². The number of nitrogens with one attached hydrogen (secondary N) is 1. The zero-order valence-corrected chi connectivity index (χ0v) is 19.3. The van der Waals surface area contributed by atoms with Gasteiger partial charge in [-0.05, 0) is 47.5 Å². The largest absolute Gasteiger partial charge is 0.354 e. The van der Waals surface area contributed by atoms with Crippen LogP contribution < -0.4 is 5.32 Å². The van der Waals surface area contributed by atoms with Gasteiger partial charge in [0.25, 0.3) is 0 Å². The maximum absolute atomic E-state index is 3.77. The van der Waals surface area contributed by atoms with Crippen molar-refractivity contribution in [1.82, 2.24) is 0 Å². The highest BCUT2D eigenvalue weighted by Crippen LogP contribution is 2.43. The highest BCUT2D eigenvalue weighted by Gasteiger charge is 2.13. The summed E-state index contributed by atoms with van der Waals surface area (Å²) < 4.78 is 5.27. The number of rotatable bonds is 3. The molecule has 0 aliphatic carbocycles. The molecular formula is C30H19NS2. The van der Waals surface area contributed by atoms with E-state index in [9.17, 15) is 0 Å². The van der Waals surface area contributed by atoms with Crippen LogP contribution in [0, 0.1) is 0 Å². The van der Waals surface area contributed by atoms with E-state index in [1.165, 1.54) is 51.5 Å². The molecule has 7 aromatic rings. The van der Waals surface area contributed by atoms with Gasteiger partial charge in [0.2, 0.25) is 0 Å². The minimum atomic E-state index is 1.12. The smallest absolute Gasteiger partial charge is 0.0590 e. The Morgan fingerprint density at radius 1 is 0.455 bits per heavy atom. The molecular weight excluding hydrogens is 438 g/mol. The van der Waals surface area contributed by atoms with E-state index in [0.717, 1.165) is 11.4 Å². The minimum Gasteiger partial charge on any atom is -0.354 e. The summed E-state index contributed by atoms with van der Waals surface area (Å²) in [5.41, 5.74) is 4.75. The van der Waals surface area contributed by atoms with Crippen molar-refractivity contribution in [1.29, 1.82) is 0 Å². The summed E-state index contributed by atoms with van der Waals surface area (Å²) in [6.45, 7) is 0. The number of hydrogen-bond acceptors (Lipinski definition) is 3. The van der Waals surface area contributed by atoms with Crippen LogP contribution in [0.3, 0.4) is 0 Å². The van der Waals surface area contributed by atoms with Crippen molar-refractivity contribution in [2.24, 2.45) is 0 Å². The van der Waals surface area contributed by atoms with Crippen molar-refractivity contribution < 1.29 is 0 Å².